The average molecular weight is 285 g/mol. The molecule has 1 aliphatic rings. The van der Waals surface area contributed by atoms with E-state index in [0.29, 0.717) is 42.3 Å². The van der Waals surface area contributed by atoms with Crippen molar-refractivity contribution < 1.29 is 14.6 Å². The van der Waals surface area contributed by atoms with Gasteiger partial charge in [0.2, 0.25) is 0 Å². The van der Waals surface area contributed by atoms with Gasteiger partial charge in [-0.3, -0.25) is 4.79 Å². The summed E-state index contributed by atoms with van der Waals surface area (Å²) >= 11 is 5.87. The first kappa shape index (κ1) is 14.1. The lowest BCUT2D eigenvalue weighted by Gasteiger charge is -2.36. The number of nitrogen functional groups attached to an aromatic ring is 1. The molecular formula is C13H17ClN2O3. The van der Waals surface area contributed by atoms with Crippen LogP contribution in [-0.2, 0) is 4.74 Å². The van der Waals surface area contributed by atoms with Gasteiger partial charge in [-0.1, -0.05) is 11.6 Å². The van der Waals surface area contributed by atoms with E-state index in [0.717, 1.165) is 0 Å². The number of carbonyl (C=O) groups excluding carboxylic acids is 1. The Kier molecular flexibility index (Phi) is 4.29. The molecule has 0 saturated carbocycles. The largest absolute Gasteiger partial charge is 0.398 e. The van der Waals surface area contributed by atoms with E-state index in [2.05, 4.69) is 5.32 Å². The molecule has 1 aromatic carbocycles. The predicted octanol–water partition coefficient (Wildman–Crippen LogP) is 1.19. The normalized spacial score (nSPS) is 18.0. The van der Waals surface area contributed by atoms with E-state index in [4.69, 9.17) is 22.1 Å². The second kappa shape index (κ2) is 5.77. The molecule has 0 aromatic heterocycles. The van der Waals surface area contributed by atoms with Crippen molar-refractivity contribution in [2.75, 3.05) is 25.6 Å². The van der Waals surface area contributed by atoms with Crippen LogP contribution in [0, 0.1) is 0 Å². The molecule has 6 heteroatoms. The lowest BCUT2D eigenvalue weighted by Crippen LogP contribution is -2.54. The summed E-state index contributed by atoms with van der Waals surface area (Å²) in [6.45, 7) is 0.917. The zero-order valence-electron chi connectivity index (χ0n) is 10.5. The Labute approximate surface area is 116 Å². The van der Waals surface area contributed by atoms with Crippen LogP contribution in [0.5, 0.6) is 0 Å². The Morgan fingerprint density at radius 2 is 2.16 bits per heavy atom. The van der Waals surface area contributed by atoms with Gasteiger partial charge in [0.05, 0.1) is 17.7 Å². The number of aliphatic hydroxyl groups excluding tert-OH is 1. The van der Waals surface area contributed by atoms with Crippen LogP contribution in [-0.4, -0.2) is 36.4 Å². The van der Waals surface area contributed by atoms with Gasteiger partial charge >= 0.3 is 0 Å². The first-order valence-electron chi connectivity index (χ1n) is 6.12. The van der Waals surface area contributed by atoms with Gasteiger partial charge in [-0.25, -0.2) is 0 Å². The molecule has 5 nitrogen and oxygen atoms in total. The molecule has 1 amide bonds. The third-order valence-electron chi connectivity index (χ3n) is 3.39. The second-order valence-corrected chi connectivity index (χ2v) is 5.17. The summed E-state index contributed by atoms with van der Waals surface area (Å²) in [5, 5.41) is 12.8. The van der Waals surface area contributed by atoms with E-state index < -0.39 is 5.54 Å². The van der Waals surface area contributed by atoms with E-state index in [1.54, 1.807) is 12.1 Å². The Bertz CT molecular complexity index is 473. The molecule has 1 saturated heterocycles. The van der Waals surface area contributed by atoms with Crippen molar-refractivity contribution in [3.8, 4) is 0 Å². The number of halogens is 1. The van der Waals surface area contributed by atoms with Crippen molar-refractivity contribution in [3.05, 3.63) is 28.8 Å². The predicted molar refractivity (Wildman–Crippen MR) is 73.2 cm³/mol. The van der Waals surface area contributed by atoms with Gasteiger partial charge in [0.15, 0.2) is 0 Å². The molecule has 0 aliphatic carbocycles. The minimum Gasteiger partial charge on any atom is -0.398 e. The highest BCUT2D eigenvalue weighted by Crippen LogP contribution is 2.23. The van der Waals surface area contributed by atoms with Gasteiger partial charge in [0, 0.05) is 23.9 Å². The van der Waals surface area contributed by atoms with Crippen LogP contribution < -0.4 is 11.1 Å². The zero-order valence-corrected chi connectivity index (χ0v) is 11.2. The monoisotopic (exact) mass is 284 g/mol. The first-order chi connectivity index (χ1) is 9.06. The number of ether oxygens (including phenoxy) is 1. The molecule has 19 heavy (non-hydrogen) atoms. The SMILES string of the molecule is Nc1ccc(Cl)cc1C(=O)NC1(CO)CCOCC1. The van der Waals surface area contributed by atoms with Crippen LogP contribution in [0.4, 0.5) is 5.69 Å². The third-order valence-corrected chi connectivity index (χ3v) is 3.63. The summed E-state index contributed by atoms with van der Waals surface area (Å²) in [6, 6.07) is 4.74. The number of benzene rings is 1. The summed E-state index contributed by atoms with van der Waals surface area (Å²) in [5.41, 5.74) is 5.83. The molecule has 0 bridgehead atoms. The van der Waals surface area contributed by atoms with E-state index in [1.807, 2.05) is 0 Å². The van der Waals surface area contributed by atoms with Crippen LogP contribution >= 0.6 is 11.6 Å². The average Bonchev–Trinajstić information content (AvgIpc) is 2.42. The van der Waals surface area contributed by atoms with Gasteiger partial charge < -0.3 is 20.9 Å². The number of amides is 1. The Balaban J connectivity index is 2.17. The molecule has 1 aromatic rings. The highest BCUT2D eigenvalue weighted by molar-refractivity contribution is 6.31. The lowest BCUT2D eigenvalue weighted by atomic mass is 9.90. The van der Waals surface area contributed by atoms with Gasteiger partial charge in [0.25, 0.3) is 5.91 Å². The highest BCUT2D eigenvalue weighted by atomic mass is 35.5. The molecule has 4 N–H and O–H groups in total. The Hall–Kier alpha value is -1.30. The van der Waals surface area contributed by atoms with Crippen LogP contribution in [0.25, 0.3) is 0 Å². The van der Waals surface area contributed by atoms with Crippen molar-refractivity contribution in [1.82, 2.24) is 5.32 Å². The van der Waals surface area contributed by atoms with Crippen molar-refractivity contribution in [2.45, 2.75) is 18.4 Å². The molecule has 0 atom stereocenters. The molecule has 1 fully saturated rings. The van der Waals surface area contributed by atoms with E-state index >= 15 is 0 Å². The number of carbonyl (C=O) groups is 1. The zero-order chi connectivity index (χ0) is 13.9. The number of rotatable bonds is 3. The maximum atomic E-state index is 12.2. The second-order valence-electron chi connectivity index (χ2n) is 4.74. The van der Waals surface area contributed by atoms with Crippen LogP contribution in [0.3, 0.4) is 0 Å². The van der Waals surface area contributed by atoms with Gasteiger partial charge in [-0.05, 0) is 31.0 Å². The topological polar surface area (TPSA) is 84.6 Å². The minimum atomic E-state index is -0.635. The van der Waals surface area contributed by atoms with Gasteiger partial charge in [-0.2, -0.15) is 0 Å². The van der Waals surface area contributed by atoms with Crippen LogP contribution in [0.2, 0.25) is 5.02 Å². The summed E-state index contributed by atoms with van der Waals surface area (Å²) in [6.07, 6.45) is 1.16. The fourth-order valence-corrected chi connectivity index (χ4v) is 2.29. The molecule has 2 rings (SSSR count). The quantitative estimate of drug-likeness (QED) is 0.728. The summed E-state index contributed by atoms with van der Waals surface area (Å²) < 4.78 is 5.25. The van der Waals surface area contributed by atoms with E-state index in [1.165, 1.54) is 6.07 Å². The van der Waals surface area contributed by atoms with Crippen molar-refractivity contribution in [3.63, 3.8) is 0 Å². The molecular weight excluding hydrogens is 268 g/mol. The first-order valence-corrected chi connectivity index (χ1v) is 6.50. The maximum absolute atomic E-state index is 12.2. The number of nitrogens with two attached hydrogens (primary N) is 1. The van der Waals surface area contributed by atoms with Crippen molar-refractivity contribution in [1.29, 1.82) is 0 Å². The summed E-state index contributed by atoms with van der Waals surface area (Å²) in [7, 11) is 0. The van der Waals surface area contributed by atoms with E-state index in [9.17, 15) is 9.90 Å². The summed E-state index contributed by atoms with van der Waals surface area (Å²) in [4.78, 5) is 12.2. The number of hydrogen-bond donors (Lipinski definition) is 3. The number of aliphatic hydroxyl groups is 1. The van der Waals surface area contributed by atoms with Gasteiger partial charge in [0.1, 0.15) is 0 Å². The van der Waals surface area contributed by atoms with Gasteiger partial charge in [-0.15, -0.1) is 0 Å². The number of nitrogens with one attached hydrogen (secondary N) is 1. The maximum Gasteiger partial charge on any atom is 0.253 e. The van der Waals surface area contributed by atoms with E-state index in [-0.39, 0.29) is 12.5 Å². The smallest absolute Gasteiger partial charge is 0.253 e. The molecule has 0 radical (unpaired) electrons. The highest BCUT2D eigenvalue weighted by Gasteiger charge is 2.34. The third kappa shape index (κ3) is 3.18. The number of anilines is 1. The lowest BCUT2D eigenvalue weighted by molar-refractivity contribution is 0.0125. The molecule has 0 spiro atoms. The molecule has 1 aliphatic heterocycles. The fraction of sp³-hybridized carbons (Fsp3) is 0.462. The number of hydrogen-bond acceptors (Lipinski definition) is 4. The fourth-order valence-electron chi connectivity index (χ4n) is 2.12. The van der Waals surface area contributed by atoms with Crippen molar-refractivity contribution >= 4 is 23.2 Å². The van der Waals surface area contributed by atoms with Crippen LogP contribution in [0.15, 0.2) is 18.2 Å². The van der Waals surface area contributed by atoms with Crippen molar-refractivity contribution in [2.24, 2.45) is 0 Å². The Morgan fingerprint density at radius 3 is 2.79 bits per heavy atom. The molecule has 104 valence electrons. The minimum absolute atomic E-state index is 0.122. The molecule has 1 heterocycles. The standard InChI is InChI=1S/C13H17ClN2O3/c14-9-1-2-11(15)10(7-9)12(18)16-13(8-17)3-5-19-6-4-13/h1-2,7,17H,3-6,8,15H2,(H,16,18). The molecule has 0 unspecified atom stereocenters. The Morgan fingerprint density at radius 1 is 1.47 bits per heavy atom. The van der Waals surface area contributed by atoms with Crippen LogP contribution in [0.1, 0.15) is 23.2 Å². The summed E-state index contributed by atoms with van der Waals surface area (Å²) in [5.74, 6) is -0.323.